The topological polar surface area (TPSA) is 29.9 Å². The lowest BCUT2D eigenvalue weighted by molar-refractivity contribution is 0.615. The van der Waals surface area contributed by atoms with Gasteiger partial charge in [0.1, 0.15) is 5.82 Å². The highest BCUT2D eigenvalue weighted by Gasteiger charge is 2.24. The fraction of sp³-hybridized carbons (Fsp3) is 0.438. The van der Waals surface area contributed by atoms with Crippen LogP contribution in [0.15, 0.2) is 30.7 Å². The van der Waals surface area contributed by atoms with Crippen molar-refractivity contribution in [2.24, 2.45) is 0 Å². The lowest BCUT2D eigenvalue weighted by Gasteiger charge is -2.09. The van der Waals surface area contributed by atoms with E-state index in [9.17, 15) is 4.39 Å². The van der Waals surface area contributed by atoms with Gasteiger partial charge in [0, 0.05) is 18.8 Å². The van der Waals surface area contributed by atoms with Crippen molar-refractivity contribution in [3.8, 4) is 0 Å². The summed E-state index contributed by atoms with van der Waals surface area (Å²) in [6, 6.07) is 5.68. The summed E-state index contributed by atoms with van der Waals surface area (Å²) in [5.74, 6) is -0.160. The highest BCUT2D eigenvalue weighted by atomic mass is 19.1. The summed E-state index contributed by atoms with van der Waals surface area (Å²) in [5, 5.41) is 3.45. The molecule has 0 radical (unpaired) electrons. The minimum absolute atomic E-state index is 0.160. The van der Waals surface area contributed by atoms with E-state index in [1.54, 1.807) is 6.07 Å². The van der Waals surface area contributed by atoms with Crippen LogP contribution in [0.4, 0.5) is 4.39 Å². The van der Waals surface area contributed by atoms with Crippen molar-refractivity contribution in [2.75, 3.05) is 6.54 Å². The molecule has 0 spiro atoms. The zero-order chi connectivity index (χ0) is 13.9. The fourth-order valence-corrected chi connectivity index (χ4v) is 2.53. The predicted octanol–water partition coefficient (Wildman–Crippen LogP) is 3.00. The molecule has 2 aromatic rings. The first kappa shape index (κ1) is 13.3. The van der Waals surface area contributed by atoms with Gasteiger partial charge in [0.05, 0.1) is 12.0 Å². The van der Waals surface area contributed by atoms with Gasteiger partial charge in [-0.3, -0.25) is 0 Å². The van der Waals surface area contributed by atoms with E-state index in [1.807, 2.05) is 25.5 Å². The van der Waals surface area contributed by atoms with Crippen LogP contribution in [0.5, 0.6) is 0 Å². The first-order chi connectivity index (χ1) is 9.74. The Bertz CT molecular complexity index is 587. The molecule has 1 heterocycles. The molecule has 3 nitrogen and oxygen atoms in total. The molecule has 4 heteroatoms. The maximum Gasteiger partial charge on any atom is 0.123 e. The van der Waals surface area contributed by atoms with Crippen molar-refractivity contribution >= 4 is 0 Å². The third-order valence-corrected chi connectivity index (χ3v) is 3.87. The maximum atomic E-state index is 13.0. The quantitative estimate of drug-likeness (QED) is 0.820. The molecule has 1 aromatic heterocycles. The van der Waals surface area contributed by atoms with Gasteiger partial charge in [-0.05, 0) is 56.0 Å². The van der Waals surface area contributed by atoms with E-state index in [-0.39, 0.29) is 5.82 Å². The first-order valence-corrected chi connectivity index (χ1v) is 7.20. The highest BCUT2D eigenvalue weighted by molar-refractivity contribution is 5.26. The molecule has 0 aliphatic heterocycles. The molecular weight excluding hydrogens is 253 g/mol. The Morgan fingerprint density at radius 2 is 2.25 bits per heavy atom. The van der Waals surface area contributed by atoms with E-state index >= 15 is 0 Å². The molecule has 1 aromatic carbocycles. The largest absolute Gasteiger partial charge is 0.330 e. The summed E-state index contributed by atoms with van der Waals surface area (Å²) < 4.78 is 15.3. The molecule has 1 aliphatic rings. The summed E-state index contributed by atoms with van der Waals surface area (Å²) in [7, 11) is 0. The fourth-order valence-electron chi connectivity index (χ4n) is 2.53. The lowest BCUT2D eigenvalue weighted by atomic mass is 10.1. The van der Waals surface area contributed by atoms with Gasteiger partial charge in [-0.1, -0.05) is 6.07 Å². The van der Waals surface area contributed by atoms with Crippen LogP contribution in [0.2, 0.25) is 0 Å². The van der Waals surface area contributed by atoms with Crippen molar-refractivity contribution in [3.05, 3.63) is 53.4 Å². The minimum Gasteiger partial charge on any atom is -0.330 e. The van der Waals surface area contributed by atoms with Gasteiger partial charge in [0.2, 0.25) is 0 Å². The smallest absolute Gasteiger partial charge is 0.123 e. The SMILES string of the molecule is Cc1cc(F)ccc1CCNCc1cncn1C1CC1. The number of aryl methyl sites for hydroxylation is 1. The minimum atomic E-state index is -0.160. The van der Waals surface area contributed by atoms with Gasteiger partial charge in [-0.2, -0.15) is 0 Å². The van der Waals surface area contributed by atoms with E-state index in [1.165, 1.54) is 30.2 Å². The number of hydrogen-bond acceptors (Lipinski definition) is 2. The monoisotopic (exact) mass is 273 g/mol. The van der Waals surface area contributed by atoms with Crippen molar-refractivity contribution in [3.63, 3.8) is 0 Å². The van der Waals surface area contributed by atoms with Crippen molar-refractivity contribution in [1.29, 1.82) is 0 Å². The van der Waals surface area contributed by atoms with Gasteiger partial charge in [-0.15, -0.1) is 0 Å². The average molecular weight is 273 g/mol. The number of nitrogens with zero attached hydrogens (tertiary/aromatic N) is 2. The second-order valence-corrected chi connectivity index (χ2v) is 5.52. The number of nitrogens with one attached hydrogen (secondary N) is 1. The first-order valence-electron chi connectivity index (χ1n) is 7.20. The molecule has 0 saturated heterocycles. The lowest BCUT2D eigenvalue weighted by Crippen LogP contribution is -2.19. The van der Waals surface area contributed by atoms with Crippen LogP contribution in [-0.4, -0.2) is 16.1 Å². The Hall–Kier alpha value is -1.68. The Morgan fingerprint density at radius 3 is 3.00 bits per heavy atom. The number of aromatic nitrogens is 2. The number of halogens is 1. The van der Waals surface area contributed by atoms with Crippen LogP contribution in [0, 0.1) is 12.7 Å². The molecule has 0 unspecified atom stereocenters. The average Bonchev–Trinajstić information content (AvgIpc) is 3.16. The van der Waals surface area contributed by atoms with Crippen LogP contribution in [0.1, 0.15) is 35.7 Å². The van der Waals surface area contributed by atoms with Crippen molar-refractivity contribution in [1.82, 2.24) is 14.9 Å². The number of hydrogen-bond donors (Lipinski definition) is 1. The normalized spacial score (nSPS) is 14.7. The van der Waals surface area contributed by atoms with Crippen LogP contribution in [0.3, 0.4) is 0 Å². The molecule has 106 valence electrons. The van der Waals surface area contributed by atoms with Gasteiger partial charge < -0.3 is 9.88 Å². The van der Waals surface area contributed by atoms with E-state index in [4.69, 9.17) is 0 Å². The molecule has 3 rings (SSSR count). The van der Waals surface area contributed by atoms with Crippen molar-refractivity contribution in [2.45, 2.75) is 38.8 Å². The third-order valence-electron chi connectivity index (χ3n) is 3.87. The maximum absolute atomic E-state index is 13.0. The molecule has 0 amide bonds. The van der Waals surface area contributed by atoms with Gasteiger partial charge >= 0.3 is 0 Å². The van der Waals surface area contributed by atoms with Crippen LogP contribution in [-0.2, 0) is 13.0 Å². The molecule has 0 bridgehead atoms. The summed E-state index contributed by atoms with van der Waals surface area (Å²) in [4.78, 5) is 4.23. The molecular formula is C16H20FN3. The Labute approximate surface area is 118 Å². The molecule has 1 fully saturated rings. The zero-order valence-electron chi connectivity index (χ0n) is 11.8. The van der Waals surface area contributed by atoms with E-state index in [0.29, 0.717) is 6.04 Å². The molecule has 1 saturated carbocycles. The van der Waals surface area contributed by atoms with Crippen LogP contribution < -0.4 is 5.32 Å². The zero-order valence-corrected chi connectivity index (χ0v) is 11.8. The predicted molar refractivity (Wildman–Crippen MR) is 77.0 cm³/mol. The second-order valence-electron chi connectivity index (χ2n) is 5.52. The number of benzene rings is 1. The van der Waals surface area contributed by atoms with E-state index < -0.39 is 0 Å². The summed E-state index contributed by atoms with van der Waals surface area (Å²) in [6.07, 6.45) is 7.34. The standard InChI is InChI=1S/C16H20FN3/c1-12-8-14(17)3-2-13(12)6-7-18-9-16-10-19-11-20(16)15-4-5-15/h2-3,8,10-11,15,18H,4-7,9H2,1H3. The number of imidazole rings is 1. The van der Waals surface area contributed by atoms with Crippen molar-refractivity contribution < 1.29 is 4.39 Å². The van der Waals surface area contributed by atoms with Crippen LogP contribution in [0.25, 0.3) is 0 Å². The Morgan fingerprint density at radius 1 is 1.40 bits per heavy atom. The summed E-state index contributed by atoms with van der Waals surface area (Å²) in [6.45, 7) is 3.69. The Kier molecular flexibility index (Phi) is 3.83. The van der Waals surface area contributed by atoms with E-state index in [2.05, 4.69) is 14.9 Å². The highest BCUT2D eigenvalue weighted by Crippen LogP contribution is 2.35. The van der Waals surface area contributed by atoms with Gasteiger partial charge in [-0.25, -0.2) is 9.37 Å². The van der Waals surface area contributed by atoms with E-state index in [0.717, 1.165) is 25.1 Å². The molecule has 0 atom stereocenters. The summed E-state index contributed by atoms with van der Waals surface area (Å²) in [5.41, 5.74) is 3.48. The molecule has 1 aliphatic carbocycles. The second kappa shape index (κ2) is 5.75. The summed E-state index contributed by atoms with van der Waals surface area (Å²) >= 11 is 0. The van der Waals surface area contributed by atoms with Crippen LogP contribution >= 0.6 is 0 Å². The molecule has 1 N–H and O–H groups in total. The Balaban J connectivity index is 1.49. The van der Waals surface area contributed by atoms with Gasteiger partial charge in [0.25, 0.3) is 0 Å². The number of rotatable bonds is 6. The molecule has 20 heavy (non-hydrogen) atoms. The van der Waals surface area contributed by atoms with Gasteiger partial charge in [0.15, 0.2) is 0 Å². The third kappa shape index (κ3) is 3.07.